The lowest BCUT2D eigenvalue weighted by molar-refractivity contribution is 0.0698. The molecule has 5 nitrogen and oxygen atoms in total. The summed E-state index contributed by atoms with van der Waals surface area (Å²) in [5.41, 5.74) is 8.57. The molecular weight excluding hydrogens is 256 g/mol. The van der Waals surface area contributed by atoms with Crippen LogP contribution in [0.25, 0.3) is 0 Å². The zero-order chi connectivity index (χ0) is 14.7. The molecule has 0 spiro atoms. The molecule has 0 radical (unpaired) electrons. The van der Waals surface area contributed by atoms with Gasteiger partial charge in [0.05, 0.1) is 18.4 Å². The number of rotatable bonds is 4. The zero-order valence-corrected chi connectivity index (χ0v) is 11.3. The van der Waals surface area contributed by atoms with E-state index in [-0.39, 0.29) is 5.56 Å². The van der Waals surface area contributed by atoms with Crippen LogP contribution in [-0.4, -0.2) is 18.2 Å². The molecule has 20 heavy (non-hydrogen) atoms. The molecule has 0 saturated heterocycles. The molecule has 2 aromatic rings. The van der Waals surface area contributed by atoms with Crippen LogP contribution >= 0.6 is 0 Å². The normalized spacial score (nSPS) is 10.1. The quantitative estimate of drug-likeness (QED) is 0.745. The first kappa shape index (κ1) is 13.7. The summed E-state index contributed by atoms with van der Waals surface area (Å²) in [6, 6.07) is 10.2. The molecule has 0 aliphatic carbocycles. The van der Waals surface area contributed by atoms with Gasteiger partial charge in [-0.15, -0.1) is 0 Å². The number of hydrogen-bond acceptors (Lipinski definition) is 4. The molecule has 0 atom stereocenters. The molecule has 0 unspecified atom stereocenters. The lowest BCUT2D eigenvalue weighted by Gasteiger charge is -2.12. The van der Waals surface area contributed by atoms with Gasteiger partial charge >= 0.3 is 5.97 Å². The molecule has 0 aromatic heterocycles. The van der Waals surface area contributed by atoms with Gasteiger partial charge in [0.2, 0.25) is 0 Å². The van der Waals surface area contributed by atoms with Gasteiger partial charge in [0.1, 0.15) is 5.75 Å². The molecule has 2 aromatic carbocycles. The first-order valence-electron chi connectivity index (χ1n) is 6.05. The van der Waals surface area contributed by atoms with Gasteiger partial charge < -0.3 is 20.9 Å². The third-order valence-electron chi connectivity index (χ3n) is 2.95. The average Bonchev–Trinajstić information content (AvgIpc) is 2.38. The van der Waals surface area contributed by atoms with Crippen molar-refractivity contribution in [2.75, 3.05) is 18.2 Å². The topological polar surface area (TPSA) is 84.6 Å². The van der Waals surface area contributed by atoms with E-state index in [0.717, 1.165) is 17.0 Å². The minimum Gasteiger partial charge on any atom is -0.496 e. The monoisotopic (exact) mass is 272 g/mol. The molecule has 5 heteroatoms. The van der Waals surface area contributed by atoms with Crippen LogP contribution in [0.5, 0.6) is 5.75 Å². The number of anilines is 3. The Balaban J connectivity index is 2.36. The molecule has 4 N–H and O–H groups in total. The molecule has 2 rings (SSSR count). The van der Waals surface area contributed by atoms with Gasteiger partial charge in [-0.25, -0.2) is 4.79 Å². The second kappa shape index (κ2) is 5.52. The van der Waals surface area contributed by atoms with E-state index in [1.165, 1.54) is 6.07 Å². The van der Waals surface area contributed by atoms with Crippen molar-refractivity contribution in [3.8, 4) is 5.75 Å². The predicted molar refractivity (Wildman–Crippen MR) is 78.8 cm³/mol. The van der Waals surface area contributed by atoms with Crippen molar-refractivity contribution in [2.45, 2.75) is 6.92 Å². The summed E-state index contributed by atoms with van der Waals surface area (Å²) in [5.74, 6) is -0.223. The maximum atomic E-state index is 11.2. The number of nitrogen functional groups attached to an aromatic ring is 1. The van der Waals surface area contributed by atoms with E-state index >= 15 is 0 Å². The Bertz CT molecular complexity index is 654. The van der Waals surface area contributed by atoms with E-state index in [2.05, 4.69) is 5.32 Å². The van der Waals surface area contributed by atoms with Crippen LogP contribution in [0.15, 0.2) is 36.4 Å². The lowest BCUT2D eigenvalue weighted by atomic mass is 10.1. The van der Waals surface area contributed by atoms with Gasteiger partial charge in [-0.2, -0.15) is 0 Å². The Morgan fingerprint density at radius 1 is 1.25 bits per heavy atom. The second-order valence-corrected chi connectivity index (χ2v) is 4.42. The van der Waals surface area contributed by atoms with Crippen molar-refractivity contribution in [1.29, 1.82) is 0 Å². The lowest BCUT2D eigenvalue weighted by Crippen LogP contribution is -2.03. The Morgan fingerprint density at radius 2 is 2.00 bits per heavy atom. The molecule has 0 amide bonds. The van der Waals surface area contributed by atoms with Crippen molar-refractivity contribution in [3.05, 3.63) is 47.5 Å². The minimum absolute atomic E-state index is 0.174. The summed E-state index contributed by atoms with van der Waals surface area (Å²) in [4.78, 5) is 11.2. The first-order chi connectivity index (χ1) is 9.51. The second-order valence-electron chi connectivity index (χ2n) is 4.42. The summed E-state index contributed by atoms with van der Waals surface area (Å²) in [7, 11) is 1.61. The van der Waals surface area contributed by atoms with Gasteiger partial charge in [-0.1, -0.05) is 0 Å². The molecule has 0 aliphatic rings. The van der Waals surface area contributed by atoms with E-state index in [0.29, 0.717) is 11.4 Å². The highest BCUT2D eigenvalue weighted by Crippen LogP contribution is 2.27. The molecule has 0 bridgehead atoms. The van der Waals surface area contributed by atoms with Crippen LogP contribution < -0.4 is 15.8 Å². The van der Waals surface area contributed by atoms with Crippen molar-refractivity contribution in [2.24, 2.45) is 0 Å². The number of methoxy groups -OCH3 is 1. The average molecular weight is 272 g/mol. The number of carboxylic acids is 1. The van der Waals surface area contributed by atoms with E-state index in [1.54, 1.807) is 19.2 Å². The number of ether oxygens (including phenoxy) is 1. The molecule has 0 saturated carbocycles. The van der Waals surface area contributed by atoms with Crippen molar-refractivity contribution in [1.82, 2.24) is 0 Å². The number of aryl methyl sites for hydroxylation is 1. The molecule has 0 heterocycles. The van der Waals surface area contributed by atoms with E-state index in [9.17, 15) is 9.90 Å². The van der Waals surface area contributed by atoms with Gasteiger partial charge in [0.25, 0.3) is 0 Å². The van der Waals surface area contributed by atoms with Crippen LogP contribution in [0.2, 0.25) is 0 Å². The molecule has 104 valence electrons. The Hall–Kier alpha value is -2.69. The summed E-state index contributed by atoms with van der Waals surface area (Å²) in [6.45, 7) is 1.92. The smallest absolute Gasteiger partial charge is 0.337 e. The first-order valence-corrected chi connectivity index (χ1v) is 6.05. The number of nitrogens with one attached hydrogen (secondary N) is 1. The van der Waals surface area contributed by atoms with Crippen LogP contribution in [0, 0.1) is 6.92 Å². The third-order valence-corrected chi connectivity index (χ3v) is 2.95. The molecule has 0 fully saturated rings. The number of carbonyl (C=O) groups is 1. The van der Waals surface area contributed by atoms with Gasteiger partial charge in [0.15, 0.2) is 0 Å². The highest BCUT2D eigenvalue weighted by molar-refractivity contribution is 5.96. The summed E-state index contributed by atoms with van der Waals surface area (Å²) in [6.07, 6.45) is 0. The largest absolute Gasteiger partial charge is 0.496 e. The number of benzene rings is 2. The molecule has 0 aliphatic heterocycles. The van der Waals surface area contributed by atoms with E-state index in [4.69, 9.17) is 10.5 Å². The fourth-order valence-corrected chi connectivity index (χ4v) is 1.96. The van der Waals surface area contributed by atoms with E-state index in [1.807, 2.05) is 25.1 Å². The zero-order valence-electron chi connectivity index (χ0n) is 11.3. The van der Waals surface area contributed by atoms with Crippen molar-refractivity contribution < 1.29 is 14.6 Å². The summed E-state index contributed by atoms with van der Waals surface area (Å²) in [5, 5.41) is 12.2. The predicted octanol–water partition coefficient (Wildman–Crippen LogP) is 3.03. The fourth-order valence-electron chi connectivity index (χ4n) is 1.96. The van der Waals surface area contributed by atoms with Crippen LogP contribution in [0.1, 0.15) is 15.9 Å². The van der Waals surface area contributed by atoms with Crippen molar-refractivity contribution >= 4 is 23.0 Å². The highest BCUT2D eigenvalue weighted by atomic mass is 16.5. The van der Waals surface area contributed by atoms with E-state index < -0.39 is 5.97 Å². The van der Waals surface area contributed by atoms with Crippen LogP contribution in [0.4, 0.5) is 17.1 Å². The van der Waals surface area contributed by atoms with Gasteiger partial charge in [0, 0.05) is 11.4 Å². The van der Waals surface area contributed by atoms with Crippen molar-refractivity contribution in [3.63, 3.8) is 0 Å². The van der Waals surface area contributed by atoms with Crippen LogP contribution in [0.3, 0.4) is 0 Å². The maximum Gasteiger partial charge on any atom is 0.337 e. The van der Waals surface area contributed by atoms with Gasteiger partial charge in [-0.05, 0) is 48.9 Å². The summed E-state index contributed by atoms with van der Waals surface area (Å²) >= 11 is 0. The number of carboxylic acid groups (broad SMARTS) is 1. The third kappa shape index (κ3) is 2.83. The van der Waals surface area contributed by atoms with Crippen LogP contribution in [-0.2, 0) is 0 Å². The van der Waals surface area contributed by atoms with Gasteiger partial charge in [-0.3, -0.25) is 0 Å². The number of hydrogen-bond donors (Lipinski definition) is 3. The molecular formula is C15H16N2O3. The standard InChI is InChI=1S/C15H16N2O3/c1-9-7-11(4-6-14(9)20-2)17-13-8-10(16)3-5-12(13)15(18)19/h3-8,17H,16H2,1-2H3,(H,18,19). The fraction of sp³-hybridized carbons (Fsp3) is 0.133. The maximum absolute atomic E-state index is 11.2. The Morgan fingerprint density at radius 3 is 2.60 bits per heavy atom. The SMILES string of the molecule is COc1ccc(Nc2cc(N)ccc2C(=O)O)cc1C. The highest BCUT2D eigenvalue weighted by Gasteiger charge is 2.11. The Labute approximate surface area is 117 Å². The number of nitrogens with two attached hydrogens (primary N) is 1. The number of aromatic carboxylic acids is 1. The Kier molecular flexibility index (Phi) is 3.79. The minimum atomic E-state index is -1.00. The summed E-state index contributed by atoms with van der Waals surface area (Å²) < 4.78 is 5.19.